The summed E-state index contributed by atoms with van der Waals surface area (Å²) >= 11 is 20.6. The van der Waals surface area contributed by atoms with Crippen LogP contribution in [0.2, 0.25) is 15.2 Å². The van der Waals surface area contributed by atoms with Crippen LogP contribution in [0, 0.1) is 27.7 Å². The molecule has 0 unspecified atom stereocenters. The van der Waals surface area contributed by atoms with Crippen LogP contribution in [0.1, 0.15) is 53.1 Å². The van der Waals surface area contributed by atoms with Crippen LogP contribution < -0.4 is 31.5 Å². The van der Waals surface area contributed by atoms with E-state index in [1.54, 1.807) is 38.1 Å². The second kappa shape index (κ2) is 25.3. The third-order valence-corrected chi connectivity index (χ3v) is 12.3. The molecule has 2 amide bonds. The number of anilines is 7. The molecule has 2 aromatic carbocycles. The minimum Gasteiger partial charge on any atom is -0.395 e. The number of carbonyl (C=O) groups is 2. The lowest BCUT2D eigenvalue weighted by Gasteiger charge is -2.35. The SMILES string of the molecule is Cc1nc(Cl)cc(Nc2ncc(C(=O)Nc3c(C)cccc3Cl)s2)n1.[2H]C([2H])(O)C([2H])([2H])N1CCN(c2cc(Nc3ncc(C(=O)Nc4c(C)cccc4Cl)s3)nc(C)n2)CC1.[2H]C([2H])(O)C([2H])([2H])N1CCNCC1. The summed E-state index contributed by atoms with van der Waals surface area (Å²) < 4.78 is 59.3. The van der Waals surface area contributed by atoms with Crippen LogP contribution in [0.5, 0.6) is 0 Å². The minimum atomic E-state index is -2.98. The zero-order chi connectivity index (χ0) is 55.0. The van der Waals surface area contributed by atoms with E-state index in [4.69, 9.17) is 50.9 Å². The van der Waals surface area contributed by atoms with Gasteiger partial charge in [-0.05, 0) is 51.0 Å². The first kappa shape index (κ1) is 40.9. The van der Waals surface area contributed by atoms with Gasteiger partial charge in [-0.1, -0.05) is 81.7 Å². The monoisotopic (exact) mass is 1020 g/mol. The zero-order valence-electron chi connectivity index (χ0n) is 44.6. The number of benzene rings is 2. The highest BCUT2D eigenvalue weighted by atomic mass is 35.5. The quantitative estimate of drug-likeness (QED) is 0.0576. The molecule has 2 fully saturated rings. The average Bonchev–Trinajstić information content (AvgIpc) is 4.01. The summed E-state index contributed by atoms with van der Waals surface area (Å²) in [5, 5.41) is 35.6. The van der Waals surface area contributed by atoms with Crippen molar-refractivity contribution in [2.45, 2.75) is 27.7 Å². The number of hydrogen-bond donors (Lipinski definition) is 7. The zero-order valence-corrected chi connectivity index (χ0v) is 40.5. The van der Waals surface area contributed by atoms with E-state index in [1.807, 2.05) is 43.0 Å². The molecule has 23 heteroatoms. The van der Waals surface area contributed by atoms with Crippen molar-refractivity contribution in [2.24, 2.45) is 0 Å². The van der Waals surface area contributed by atoms with Crippen LogP contribution in [-0.4, -0.2) is 140 Å². The molecule has 0 radical (unpaired) electrons. The fourth-order valence-corrected chi connectivity index (χ4v) is 8.56. The number of aromatic nitrogens is 6. The Morgan fingerprint density at radius 2 is 1.16 bits per heavy atom. The molecule has 67 heavy (non-hydrogen) atoms. The van der Waals surface area contributed by atoms with Gasteiger partial charge in [-0.3, -0.25) is 19.4 Å². The van der Waals surface area contributed by atoms with Gasteiger partial charge in [0.2, 0.25) is 0 Å². The smallest absolute Gasteiger partial charge is 0.267 e. The van der Waals surface area contributed by atoms with E-state index in [0.717, 1.165) is 22.5 Å². The lowest BCUT2D eigenvalue weighted by Crippen LogP contribution is -2.47. The molecule has 0 saturated carbocycles. The molecule has 4 aromatic heterocycles. The van der Waals surface area contributed by atoms with Crippen molar-refractivity contribution in [3.05, 3.63) is 109 Å². The van der Waals surface area contributed by atoms with E-state index >= 15 is 0 Å². The summed E-state index contributed by atoms with van der Waals surface area (Å²) in [5.74, 6) is 2.05. The number of para-hydroxylation sites is 2. The Morgan fingerprint density at radius 1 is 0.687 bits per heavy atom. The predicted molar refractivity (Wildman–Crippen MR) is 270 cm³/mol. The van der Waals surface area contributed by atoms with E-state index in [0.29, 0.717) is 115 Å². The van der Waals surface area contributed by atoms with Crippen molar-refractivity contribution in [1.82, 2.24) is 45.0 Å². The summed E-state index contributed by atoms with van der Waals surface area (Å²) in [6, 6.07) is 14.1. The van der Waals surface area contributed by atoms with Crippen molar-refractivity contribution >= 4 is 108 Å². The highest BCUT2D eigenvalue weighted by Gasteiger charge is 2.20. The lowest BCUT2D eigenvalue weighted by atomic mass is 10.2. The number of nitrogens with one attached hydrogen (secondary N) is 5. The first-order chi connectivity index (χ1) is 35.1. The second-order valence-electron chi connectivity index (χ2n) is 14.5. The molecule has 6 heterocycles. The normalized spacial score (nSPS) is 16.6. The van der Waals surface area contributed by atoms with Gasteiger partial charge < -0.3 is 41.7 Å². The Morgan fingerprint density at radius 3 is 1.64 bits per heavy atom. The van der Waals surface area contributed by atoms with Crippen LogP contribution >= 0.6 is 57.5 Å². The van der Waals surface area contributed by atoms with Gasteiger partial charge in [-0.25, -0.2) is 29.9 Å². The van der Waals surface area contributed by atoms with E-state index in [-0.39, 0.29) is 24.9 Å². The van der Waals surface area contributed by atoms with Gasteiger partial charge in [-0.15, -0.1) is 0 Å². The molecule has 7 N–H and O–H groups in total. The number of aliphatic hydroxyl groups is 2. The standard InChI is InChI=1S/C22H26ClN7O2S.C16H13Cl2N5OS.C6H14N2O/c1-14-4-3-5-16(23)20(14)28-21(32)17-13-24-22(33-17)27-18-12-19(26-15(2)25-18)30-8-6-29(7-9-30)10-11-31;1-8-4-3-5-10(17)14(8)23-15(24)11-7-19-16(25-11)22-13-6-12(18)20-9(2)21-13;9-6-5-8-3-1-7-2-4-8/h3-5,12-13,31H,6-11H2,1-2H3,(H,28,32)(H,24,25,26,27);3-7H,1-2H3,(H,23,24)(H,19,20,21,22);7,9H,1-6H2/i10D2,11D2;;5D2,6D2. The molecule has 0 atom stereocenters. The number of piperazine rings is 2. The number of halogens is 3. The molecule has 2 aliphatic heterocycles. The fourth-order valence-electron chi connectivity index (χ4n) is 6.36. The van der Waals surface area contributed by atoms with Gasteiger partial charge in [0, 0.05) is 83.0 Å². The summed E-state index contributed by atoms with van der Waals surface area (Å²) in [4.78, 5) is 56.1. The van der Waals surface area contributed by atoms with Gasteiger partial charge in [-0.2, -0.15) is 0 Å². The van der Waals surface area contributed by atoms with Crippen molar-refractivity contribution < 1.29 is 30.8 Å². The fraction of sp³-hybridized carbons (Fsp3) is 0.364. The molecular formula is C44H53Cl3N14O4S2. The molecular weight excluding hydrogens is 959 g/mol. The number of hydrogen-bond acceptors (Lipinski definition) is 18. The Labute approximate surface area is 423 Å². The third-order valence-electron chi connectivity index (χ3n) is 9.62. The maximum absolute atomic E-state index is 12.7. The summed E-state index contributed by atoms with van der Waals surface area (Å²) in [6.07, 6.45) is 2.96. The second-order valence-corrected chi connectivity index (χ2v) is 17.8. The number of aryl methyl sites for hydroxylation is 4. The van der Waals surface area contributed by atoms with Gasteiger partial charge in [0.1, 0.15) is 44.0 Å². The Hall–Kier alpha value is -5.13. The predicted octanol–water partition coefficient (Wildman–Crippen LogP) is 7.05. The molecule has 2 saturated heterocycles. The van der Waals surface area contributed by atoms with E-state index < -0.39 is 26.1 Å². The van der Waals surface area contributed by atoms with E-state index in [9.17, 15) is 14.7 Å². The maximum atomic E-state index is 12.7. The summed E-state index contributed by atoms with van der Waals surface area (Å²) in [6.45, 7) is -0.156. The van der Waals surface area contributed by atoms with Gasteiger partial charge in [0.25, 0.3) is 11.8 Å². The van der Waals surface area contributed by atoms with Crippen LogP contribution in [-0.2, 0) is 0 Å². The van der Waals surface area contributed by atoms with Crippen molar-refractivity contribution in [1.29, 1.82) is 0 Å². The lowest BCUT2D eigenvalue weighted by molar-refractivity contribution is 0.102. The van der Waals surface area contributed by atoms with Gasteiger partial charge in [0.15, 0.2) is 10.3 Å². The molecule has 6 aromatic rings. The van der Waals surface area contributed by atoms with Crippen LogP contribution in [0.25, 0.3) is 0 Å². The van der Waals surface area contributed by atoms with E-state index in [2.05, 4.69) is 56.5 Å². The van der Waals surface area contributed by atoms with Crippen molar-refractivity contribution in [3.8, 4) is 0 Å². The van der Waals surface area contributed by atoms with Crippen LogP contribution in [0.15, 0.2) is 60.9 Å². The van der Waals surface area contributed by atoms with Crippen LogP contribution in [0.4, 0.5) is 39.1 Å². The summed E-state index contributed by atoms with van der Waals surface area (Å²) in [7, 11) is 0. The van der Waals surface area contributed by atoms with Gasteiger partial charge >= 0.3 is 0 Å². The minimum absolute atomic E-state index is 0.203. The number of thiazole rings is 2. The van der Waals surface area contributed by atoms with E-state index in [1.165, 1.54) is 33.5 Å². The molecule has 2 aliphatic rings. The molecule has 0 spiro atoms. The summed E-state index contributed by atoms with van der Waals surface area (Å²) in [5.41, 5.74) is 2.88. The molecule has 356 valence electrons. The topological polar surface area (TPSA) is 222 Å². The first-order valence-corrected chi connectivity index (χ1v) is 23.3. The van der Waals surface area contributed by atoms with Gasteiger partial charge in [0.05, 0.1) is 52.4 Å². The maximum Gasteiger partial charge on any atom is 0.267 e. The number of carbonyl (C=O) groups excluding carboxylic acids is 2. The first-order valence-electron chi connectivity index (χ1n) is 24.5. The Bertz CT molecular complexity index is 2900. The van der Waals surface area contributed by atoms with Crippen LogP contribution in [0.3, 0.4) is 0 Å². The molecule has 0 bridgehead atoms. The Kier molecular flexibility index (Phi) is 15.4. The molecule has 8 rings (SSSR count). The number of β-amino-alcohol motifs (C(OH)–C–C–N with tert-alkyl or cyclic N) is 2. The highest BCUT2D eigenvalue weighted by molar-refractivity contribution is 7.18. The molecule has 0 aliphatic carbocycles. The largest absolute Gasteiger partial charge is 0.395 e. The van der Waals surface area contributed by atoms with Crippen molar-refractivity contribution in [3.63, 3.8) is 0 Å². The highest BCUT2D eigenvalue weighted by Crippen LogP contribution is 2.30. The average molecular weight is 1020 g/mol. The number of rotatable bonds is 13. The Balaban J connectivity index is 0.000000206. The molecule has 18 nitrogen and oxygen atoms in total. The number of amides is 2. The number of nitrogens with zero attached hydrogens (tertiary/aromatic N) is 9. The third kappa shape index (κ3) is 15.4. The van der Waals surface area contributed by atoms with Crippen molar-refractivity contribution in [2.75, 3.05) is 105 Å².